The highest BCUT2D eigenvalue weighted by atomic mass is 16.5. The van der Waals surface area contributed by atoms with Gasteiger partial charge in [0.25, 0.3) is 0 Å². The van der Waals surface area contributed by atoms with Crippen molar-refractivity contribution in [3.8, 4) is 5.75 Å². The van der Waals surface area contributed by atoms with E-state index in [-0.39, 0.29) is 0 Å². The molecule has 1 heteroatoms. The van der Waals surface area contributed by atoms with Crippen LogP contribution in [0.3, 0.4) is 0 Å². The molecule has 0 aliphatic heterocycles. The Morgan fingerprint density at radius 3 is 2.69 bits per heavy atom. The molecule has 0 saturated carbocycles. The summed E-state index contributed by atoms with van der Waals surface area (Å²) >= 11 is 0. The highest BCUT2D eigenvalue weighted by Gasteiger charge is 2.27. The molecule has 13 heavy (non-hydrogen) atoms. The maximum absolute atomic E-state index is 5.63. The Hall–Kier alpha value is -0.980. The predicted octanol–water partition coefficient (Wildman–Crippen LogP) is 3.19. The van der Waals surface area contributed by atoms with Crippen molar-refractivity contribution in [2.75, 3.05) is 6.61 Å². The van der Waals surface area contributed by atoms with E-state index in [2.05, 4.69) is 39.0 Å². The summed E-state index contributed by atoms with van der Waals surface area (Å²) in [4.78, 5) is 0. The van der Waals surface area contributed by atoms with Gasteiger partial charge in [0.2, 0.25) is 0 Å². The Bertz CT molecular complexity index is 315. The van der Waals surface area contributed by atoms with Gasteiger partial charge in [-0.25, -0.2) is 0 Å². The average Bonchev–Trinajstić information content (AvgIpc) is 2.74. The zero-order valence-electron chi connectivity index (χ0n) is 8.50. The lowest BCUT2D eigenvalue weighted by molar-refractivity contribution is 0.271. The highest BCUT2D eigenvalue weighted by Crippen LogP contribution is 2.44. The summed E-state index contributed by atoms with van der Waals surface area (Å²) in [5.74, 6) is 2.30. The fraction of sp³-hybridized carbons (Fsp3) is 0.500. The van der Waals surface area contributed by atoms with Crippen LogP contribution < -0.4 is 4.74 Å². The van der Waals surface area contributed by atoms with Crippen LogP contribution in [0.5, 0.6) is 5.75 Å². The SMILES string of the molecule is CC(C)COc1ccc2c(c1)C2C. The van der Waals surface area contributed by atoms with Crippen LogP contribution in [0.1, 0.15) is 37.8 Å². The Morgan fingerprint density at radius 1 is 1.31 bits per heavy atom. The van der Waals surface area contributed by atoms with E-state index in [4.69, 9.17) is 4.74 Å². The van der Waals surface area contributed by atoms with E-state index in [1.54, 1.807) is 0 Å². The summed E-state index contributed by atoms with van der Waals surface area (Å²) in [7, 11) is 0. The first-order chi connectivity index (χ1) is 6.18. The van der Waals surface area contributed by atoms with Gasteiger partial charge in [0.15, 0.2) is 0 Å². The van der Waals surface area contributed by atoms with Crippen LogP contribution >= 0.6 is 0 Å². The van der Waals surface area contributed by atoms with E-state index in [1.165, 1.54) is 11.1 Å². The molecule has 0 heterocycles. The van der Waals surface area contributed by atoms with Crippen LogP contribution in [-0.4, -0.2) is 6.61 Å². The molecule has 1 aromatic rings. The van der Waals surface area contributed by atoms with Crippen molar-refractivity contribution >= 4 is 0 Å². The number of ether oxygens (including phenoxy) is 1. The van der Waals surface area contributed by atoms with Crippen molar-refractivity contribution < 1.29 is 4.74 Å². The Labute approximate surface area is 79.7 Å². The van der Waals surface area contributed by atoms with Gasteiger partial charge in [-0.15, -0.1) is 0 Å². The van der Waals surface area contributed by atoms with Gasteiger partial charge in [-0.05, 0) is 29.2 Å². The summed E-state index contributed by atoms with van der Waals surface area (Å²) in [6.45, 7) is 7.37. The van der Waals surface area contributed by atoms with Gasteiger partial charge in [0, 0.05) is 5.92 Å². The van der Waals surface area contributed by atoms with Gasteiger partial charge in [0.05, 0.1) is 6.61 Å². The van der Waals surface area contributed by atoms with Crippen molar-refractivity contribution in [3.05, 3.63) is 29.3 Å². The second kappa shape index (κ2) is 3.06. The second-order valence-corrected chi connectivity index (χ2v) is 4.22. The van der Waals surface area contributed by atoms with E-state index >= 15 is 0 Å². The average molecular weight is 176 g/mol. The van der Waals surface area contributed by atoms with Crippen LogP contribution in [0, 0.1) is 5.92 Å². The first kappa shape index (κ1) is 8.61. The number of hydrogen-bond donors (Lipinski definition) is 0. The van der Waals surface area contributed by atoms with Crippen molar-refractivity contribution in [3.63, 3.8) is 0 Å². The number of rotatable bonds is 3. The summed E-state index contributed by atoms with van der Waals surface area (Å²) in [6, 6.07) is 6.42. The third kappa shape index (κ3) is 1.69. The van der Waals surface area contributed by atoms with E-state index in [1.807, 2.05) is 0 Å². The standard InChI is InChI=1S/C12H16O/c1-8(2)7-13-10-4-5-11-9(3)12(11)6-10/h4-6,8-9H,7H2,1-3H3. The number of benzene rings is 1. The molecule has 1 unspecified atom stereocenters. The molecule has 1 atom stereocenters. The van der Waals surface area contributed by atoms with Gasteiger partial charge >= 0.3 is 0 Å². The Kier molecular flexibility index (Phi) is 2.03. The monoisotopic (exact) mass is 176 g/mol. The molecular formula is C12H16O. The quantitative estimate of drug-likeness (QED) is 0.687. The zero-order valence-corrected chi connectivity index (χ0v) is 8.50. The molecule has 1 aromatic carbocycles. The summed E-state index contributed by atoms with van der Waals surface area (Å²) in [5.41, 5.74) is 2.94. The van der Waals surface area contributed by atoms with Crippen LogP contribution in [0.25, 0.3) is 0 Å². The van der Waals surface area contributed by atoms with Crippen molar-refractivity contribution in [1.82, 2.24) is 0 Å². The topological polar surface area (TPSA) is 9.23 Å². The van der Waals surface area contributed by atoms with Crippen molar-refractivity contribution in [1.29, 1.82) is 0 Å². The molecule has 0 amide bonds. The molecule has 0 fully saturated rings. The highest BCUT2D eigenvalue weighted by molar-refractivity contribution is 5.54. The lowest BCUT2D eigenvalue weighted by atomic mass is 10.2. The zero-order chi connectivity index (χ0) is 9.42. The van der Waals surface area contributed by atoms with Gasteiger partial charge in [-0.1, -0.05) is 26.8 Å². The van der Waals surface area contributed by atoms with Crippen molar-refractivity contribution in [2.45, 2.75) is 26.7 Å². The normalized spacial score (nSPS) is 18.6. The smallest absolute Gasteiger partial charge is 0.119 e. The fourth-order valence-corrected chi connectivity index (χ4v) is 1.56. The van der Waals surface area contributed by atoms with Crippen LogP contribution in [0.2, 0.25) is 0 Å². The van der Waals surface area contributed by atoms with Gasteiger partial charge in [-0.2, -0.15) is 0 Å². The summed E-state index contributed by atoms with van der Waals surface area (Å²) < 4.78 is 5.63. The molecule has 0 radical (unpaired) electrons. The second-order valence-electron chi connectivity index (χ2n) is 4.22. The van der Waals surface area contributed by atoms with Crippen molar-refractivity contribution in [2.24, 2.45) is 5.92 Å². The molecule has 70 valence electrons. The lowest BCUT2D eigenvalue weighted by Gasteiger charge is -2.07. The van der Waals surface area contributed by atoms with E-state index in [0.717, 1.165) is 12.4 Å². The number of hydrogen-bond acceptors (Lipinski definition) is 1. The molecule has 1 aliphatic carbocycles. The Balaban J connectivity index is 2.00. The van der Waals surface area contributed by atoms with Crippen LogP contribution in [0.4, 0.5) is 0 Å². The van der Waals surface area contributed by atoms with E-state index in [0.29, 0.717) is 11.8 Å². The Morgan fingerprint density at radius 2 is 2.08 bits per heavy atom. The van der Waals surface area contributed by atoms with Crippen LogP contribution in [0.15, 0.2) is 18.2 Å². The maximum atomic E-state index is 5.63. The van der Waals surface area contributed by atoms with E-state index < -0.39 is 0 Å². The molecule has 2 rings (SSSR count). The molecule has 1 nitrogen and oxygen atoms in total. The molecular weight excluding hydrogens is 160 g/mol. The molecule has 1 aliphatic rings. The number of fused-ring (bicyclic) bond motifs is 1. The molecule has 0 spiro atoms. The molecule has 0 aromatic heterocycles. The summed E-state index contributed by atoms with van der Waals surface area (Å²) in [6.07, 6.45) is 0. The fourth-order valence-electron chi connectivity index (χ4n) is 1.56. The predicted molar refractivity (Wildman–Crippen MR) is 54.3 cm³/mol. The first-order valence-electron chi connectivity index (χ1n) is 4.95. The van der Waals surface area contributed by atoms with E-state index in [9.17, 15) is 0 Å². The minimum atomic E-state index is 0.598. The van der Waals surface area contributed by atoms with Gasteiger partial charge in [0.1, 0.15) is 5.75 Å². The van der Waals surface area contributed by atoms with Crippen LogP contribution in [-0.2, 0) is 0 Å². The summed E-state index contributed by atoms with van der Waals surface area (Å²) in [5, 5.41) is 0. The minimum absolute atomic E-state index is 0.598. The van der Waals surface area contributed by atoms with Gasteiger partial charge in [-0.3, -0.25) is 0 Å². The third-order valence-electron chi connectivity index (χ3n) is 2.49. The first-order valence-corrected chi connectivity index (χ1v) is 4.95. The lowest BCUT2D eigenvalue weighted by Crippen LogP contribution is -2.03. The molecule has 0 bridgehead atoms. The molecule has 0 N–H and O–H groups in total. The maximum Gasteiger partial charge on any atom is 0.119 e. The van der Waals surface area contributed by atoms with Gasteiger partial charge < -0.3 is 4.74 Å². The largest absolute Gasteiger partial charge is 0.493 e. The molecule has 0 saturated heterocycles. The minimum Gasteiger partial charge on any atom is -0.493 e. The third-order valence-corrected chi connectivity index (χ3v) is 2.49.